The van der Waals surface area contributed by atoms with Crippen LogP contribution in [0.5, 0.6) is 0 Å². The summed E-state index contributed by atoms with van der Waals surface area (Å²) >= 11 is 3.42. The highest BCUT2D eigenvalue weighted by Gasteiger charge is 2.21. The van der Waals surface area contributed by atoms with Crippen LogP contribution in [0.4, 0.5) is 5.69 Å². The van der Waals surface area contributed by atoms with Gasteiger partial charge in [-0.25, -0.2) is 4.99 Å². The molecule has 0 amide bonds. The lowest BCUT2D eigenvalue weighted by molar-refractivity contribution is 0.0984. The first-order valence-corrected chi connectivity index (χ1v) is 9.35. The first kappa shape index (κ1) is 17.3. The second kappa shape index (κ2) is 7.61. The lowest BCUT2D eigenvalue weighted by Crippen LogP contribution is -2.19. The van der Waals surface area contributed by atoms with E-state index < -0.39 is 0 Å². The Hall–Kier alpha value is -2.15. The molecule has 4 rings (SSSR count). The van der Waals surface area contributed by atoms with E-state index in [-0.39, 0.29) is 0 Å². The number of rotatable bonds is 6. The van der Waals surface area contributed by atoms with Gasteiger partial charge in [-0.3, -0.25) is 10.7 Å². The minimum atomic E-state index is 0.373. The zero-order valence-electron chi connectivity index (χ0n) is 14.1. The topological polar surface area (TPSA) is 67.0 Å². The maximum Gasteiger partial charge on any atom is 0.157 e. The zero-order chi connectivity index (χ0) is 17.9. The summed E-state index contributed by atoms with van der Waals surface area (Å²) in [5.74, 6) is 1.91. The molecule has 1 fully saturated rings. The summed E-state index contributed by atoms with van der Waals surface area (Å²) in [5, 5.41) is 10.5. The molecule has 0 aliphatic heterocycles. The molecule has 1 aliphatic rings. The van der Waals surface area contributed by atoms with Gasteiger partial charge in [0.15, 0.2) is 5.84 Å². The zero-order valence-corrected chi connectivity index (χ0v) is 15.7. The lowest BCUT2D eigenvalue weighted by atomic mass is 10.1. The Balaban J connectivity index is 1.56. The predicted molar refractivity (Wildman–Crippen MR) is 104 cm³/mol. The molecule has 2 aromatic carbocycles. The molecule has 0 radical (unpaired) electrons. The molecule has 6 heteroatoms. The first-order valence-electron chi connectivity index (χ1n) is 8.56. The number of hydrogen-bond donors (Lipinski definition) is 2. The van der Waals surface area contributed by atoms with Gasteiger partial charge < -0.3 is 9.15 Å². The van der Waals surface area contributed by atoms with Gasteiger partial charge in [-0.2, -0.15) is 0 Å². The van der Waals surface area contributed by atoms with Crippen LogP contribution in [0.15, 0.2) is 62.4 Å². The van der Waals surface area contributed by atoms with Gasteiger partial charge in [0.1, 0.15) is 18.0 Å². The van der Waals surface area contributed by atoms with E-state index >= 15 is 0 Å². The Morgan fingerprint density at radius 1 is 1.23 bits per heavy atom. The van der Waals surface area contributed by atoms with Gasteiger partial charge in [0.2, 0.25) is 0 Å². The Labute approximate surface area is 159 Å². The number of ether oxygens (including phenoxy) is 1. The van der Waals surface area contributed by atoms with E-state index in [2.05, 4.69) is 26.4 Å². The summed E-state index contributed by atoms with van der Waals surface area (Å²) in [6.07, 6.45) is 2.55. The number of fused-ring (bicyclic) bond motifs is 1. The number of amidine groups is 1. The van der Waals surface area contributed by atoms with Crippen molar-refractivity contribution in [3.63, 3.8) is 0 Å². The van der Waals surface area contributed by atoms with Crippen LogP contribution in [0.1, 0.15) is 24.2 Å². The first-order chi connectivity index (χ1) is 12.7. The number of nitrogens with one attached hydrogen (secondary N) is 1. The molecule has 1 saturated carbocycles. The fourth-order valence-electron chi connectivity index (χ4n) is 2.76. The summed E-state index contributed by atoms with van der Waals surface area (Å²) in [6.45, 7) is 1.29. The molecular weight excluding hydrogens is 396 g/mol. The molecule has 3 aromatic rings. The number of hydroxylamine groups is 1. The van der Waals surface area contributed by atoms with E-state index in [1.54, 1.807) is 0 Å². The second-order valence-electron chi connectivity index (χ2n) is 6.48. The quantitative estimate of drug-likeness (QED) is 0.331. The molecule has 1 aromatic heterocycles. The number of nitrogens with zero attached hydrogens (tertiary/aromatic N) is 1. The molecule has 1 aliphatic carbocycles. The molecule has 0 bridgehead atoms. The third kappa shape index (κ3) is 4.15. The van der Waals surface area contributed by atoms with E-state index in [0.717, 1.165) is 45.0 Å². The predicted octanol–water partition coefficient (Wildman–Crippen LogP) is 5.18. The van der Waals surface area contributed by atoms with E-state index in [1.165, 1.54) is 12.8 Å². The van der Waals surface area contributed by atoms with Crippen molar-refractivity contribution in [3.05, 3.63) is 64.3 Å². The summed E-state index contributed by atoms with van der Waals surface area (Å²) in [6, 6.07) is 15.2. The van der Waals surface area contributed by atoms with Crippen molar-refractivity contribution < 1.29 is 14.4 Å². The number of furan rings is 1. The van der Waals surface area contributed by atoms with Crippen LogP contribution in [0.25, 0.3) is 11.0 Å². The molecule has 5 nitrogen and oxygen atoms in total. The highest BCUT2D eigenvalue weighted by atomic mass is 79.9. The Kier molecular flexibility index (Phi) is 5.06. The second-order valence-corrected chi connectivity index (χ2v) is 7.39. The molecule has 2 N–H and O–H groups in total. The molecule has 0 atom stereocenters. The van der Waals surface area contributed by atoms with E-state index in [4.69, 9.17) is 9.15 Å². The number of benzene rings is 2. The number of halogens is 1. The van der Waals surface area contributed by atoms with Crippen LogP contribution in [0.3, 0.4) is 0 Å². The van der Waals surface area contributed by atoms with Gasteiger partial charge in [0, 0.05) is 22.0 Å². The minimum absolute atomic E-state index is 0.373. The van der Waals surface area contributed by atoms with Crippen molar-refractivity contribution in [2.24, 2.45) is 10.9 Å². The van der Waals surface area contributed by atoms with Crippen LogP contribution in [0.2, 0.25) is 0 Å². The summed E-state index contributed by atoms with van der Waals surface area (Å²) in [4.78, 5) is 4.47. The lowest BCUT2D eigenvalue weighted by Gasteiger charge is -2.05. The van der Waals surface area contributed by atoms with Crippen LogP contribution in [-0.2, 0) is 11.3 Å². The van der Waals surface area contributed by atoms with Crippen molar-refractivity contribution in [1.29, 1.82) is 0 Å². The van der Waals surface area contributed by atoms with Crippen molar-refractivity contribution in [3.8, 4) is 0 Å². The van der Waals surface area contributed by atoms with Crippen LogP contribution < -0.4 is 5.48 Å². The molecule has 26 heavy (non-hydrogen) atoms. The molecule has 0 saturated heterocycles. The highest BCUT2D eigenvalue weighted by molar-refractivity contribution is 9.10. The van der Waals surface area contributed by atoms with Gasteiger partial charge in [-0.1, -0.05) is 22.0 Å². The van der Waals surface area contributed by atoms with Gasteiger partial charge in [-0.05, 0) is 61.2 Å². The van der Waals surface area contributed by atoms with Gasteiger partial charge in [0.05, 0.1) is 5.69 Å². The normalized spacial score (nSPS) is 14.8. The fourth-order valence-corrected chi connectivity index (χ4v) is 3.14. The van der Waals surface area contributed by atoms with Crippen molar-refractivity contribution in [2.45, 2.75) is 19.4 Å². The monoisotopic (exact) mass is 414 g/mol. The number of aliphatic imine (C=N–C) groups is 1. The largest absolute Gasteiger partial charge is 0.459 e. The Morgan fingerprint density at radius 3 is 2.88 bits per heavy atom. The van der Waals surface area contributed by atoms with Gasteiger partial charge in [0.25, 0.3) is 0 Å². The maximum atomic E-state index is 9.53. The van der Waals surface area contributed by atoms with Crippen LogP contribution in [0, 0.1) is 5.92 Å². The summed E-state index contributed by atoms with van der Waals surface area (Å²) in [5.41, 5.74) is 4.48. The molecule has 0 spiro atoms. The third-order valence-electron chi connectivity index (χ3n) is 4.29. The third-order valence-corrected chi connectivity index (χ3v) is 4.78. The van der Waals surface area contributed by atoms with Crippen molar-refractivity contribution in [1.82, 2.24) is 5.48 Å². The van der Waals surface area contributed by atoms with Gasteiger partial charge in [-0.15, -0.1) is 0 Å². The smallest absolute Gasteiger partial charge is 0.157 e. The van der Waals surface area contributed by atoms with Crippen molar-refractivity contribution >= 4 is 38.4 Å². The van der Waals surface area contributed by atoms with Crippen LogP contribution >= 0.6 is 15.9 Å². The van der Waals surface area contributed by atoms with Gasteiger partial charge >= 0.3 is 0 Å². The molecular formula is C20H19BrN2O3. The summed E-state index contributed by atoms with van der Waals surface area (Å²) in [7, 11) is 0. The fraction of sp³-hybridized carbons (Fsp3) is 0.250. The molecule has 1 heterocycles. The van der Waals surface area contributed by atoms with Crippen molar-refractivity contribution in [2.75, 3.05) is 6.61 Å². The molecule has 0 unspecified atom stereocenters. The standard InChI is InChI=1S/C20H19BrN2O3/c21-16-2-1-3-17(10-16)22-20(23-24)14-6-7-19-15(8-14)9-18(26-19)12-25-11-13-4-5-13/h1-3,6-10,13,24H,4-5,11-12H2,(H,22,23). The van der Waals surface area contributed by atoms with E-state index in [0.29, 0.717) is 12.4 Å². The van der Waals surface area contributed by atoms with E-state index in [1.807, 2.05) is 48.5 Å². The average Bonchev–Trinajstić information content (AvgIpc) is 3.37. The molecule has 134 valence electrons. The minimum Gasteiger partial charge on any atom is -0.459 e. The Bertz CT molecular complexity index is 947. The van der Waals surface area contributed by atoms with E-state index in [9.17, 15) is 5.21 Å². The Morgan fingerprint density at radius 2 is 2.12 bits per heavy atom. The SMILES string of the molecule is ONC(=Nc1cccc(Br)c1)c1ccc2oc(COCC3CC3)cc2c1. The summed E-state index contributed by atoms with van der Waals surface area (Å²) < 4.78 is 12.4. The van der Waals surface area contributed by atoms with Crippen LogP contribution in [-0.4, -0.2) is 17.6 Å². The number of hydrogen-bond acceptors (Lipinski definition) is 4. The average molecular weight is 415 g/mol. The highest BCUT2D eigenvalue weighted by Crippen LogP contribution is 2.29. The maximum absolute atomic E-state index is 9.53.